The number of carbonyl (C=O) groups is 1. The van der Waals surface area contributed by atoms with Gasteiger partial charge in [0.25, 0.3) is 5.69 Å². The maximum Gasteiger partial charge on any atom is 0.338 e. The van der Waals surface area contributed by atoms with E-state index in [-0.39, 0.29) is 16.9 Å². The number of carboxylic acid groups (broad SMARTS) is 1. The van der Waals surface area contributed by atoms with Crippen LogP contribution in [-0.2, 0) is 7.05 Å². The third-order valence-electron chi connectivity index (χ3n) is 2.96. The van der Waals surface area contributed by atoms with Crippen LogP contribution in [0.25, 0.3) is 0 Å². The Balaban J connectivity index is 2.45. The van der Waals surface area contributed by atoms with E-state index in [2.05, 4.69) is 15.5 Å². The number of aryl methyl sites for hydroxylation is 1. The fourth-order valence-electron chi connectivity index (χ4n) is 1.99. The number of hydrogen-bond acceptors (Lipinski definition) is 6. The minimum Gasteiger partial charge on any atom is -0.478 e. The highest BCUT2D eigenvalue weighted by Gasteiger charge is 2.24. The van der Waals surface area contributed by atoms with E-state index in [1.165, 1.54) is 24.5 Å². The Morgan fingerprint density at radius 1 is 1.52 bits per heavy atom. The molecule has 1 atom stereocenters. The van der Waals surface area contributed by atoms with Gasteiger partial charge in [0.1, 0.15) is 12.0 Å². The molecule has 1 aromatic heterocycles. The molecule has 2 rings (SSSR count). The first-order chi connectivity index (χ1) is 9.91. The van der Waals surface area contributed by atoms with Gasteiger partial charge in [-0.15, -0.1) is 10.2 Å². The number of aromatic nitrogens is 3. The maximum absolute atomic E-state index is 11.2. The van der Waals surface area contributed by atoms with Crippen LogP contribution in [0.4, 0.5) is 11.4 Å². The van der Waals surface area contributed by atoms with E-state index in [1.807, 2.05) is 0 Å². The number of nitrogens with one attached hydrogen (secondary N) is 1. The summed E-state index contributed by atoms with van der Waals surface area (Å²) in [7, 11) is 1.73. The molecule has 0 saturated carbocycles. The molecule has 1 heterocycles. The van der Waals surface area contributed by atoms with Crippen LogP contribution < -0.4 is 5.32 Å². The van der Waals surface area contributed by atoms with Gasteiger partial charge in [-0.3, -0.25) is 10.1 Å². The van der Waals surface area contributed by atoms with E-state index in [9.17, 15) is 20.0 Å². The van der Waals surface area contributed by atoms with Crippen LogP contribution in [0.1, 0.15) is 29.1 Å². The molecule has 0 amide bonds. The standard InChI is InChI=1S/C12H13N5O4/c1-7(11-15-13-6-16(11)2)14-10-8(12(18)19)4-3-5-9(10)17(20)21/h3-7,14H,1-2H3,(H,18,19). The SMILES string of the molecule is CC(Nc1c(C(=O)O)cccc1[N+](=O)[O-])c1nncn1C. The van der Waals surface area contributed by atoms with E-state index in [0.717, 1.165) is 0 Å². The molecule has 9 heteroatoms. The molecule has 0 fully saturated rings. The molecule has 0 radical (unpaired) electrons. The number of aromatic carboxylic acids is 1. The van der Waals surface area contributed by atoms with Crippen molar-refractivity contribution in [2.75, 3.05) is 5.32 Å². The second kappa shape index (κ2) is 5.57. The van der Waals surface area contributed by atoms with Gasteiger partial charge in [0.2, 0.25) is 0 Å². The minimum atomic E-state index is -1.24. The zero-order valence-corrected chi connectivity index (χ0v) is 11.3. The lowest BCUT2D eigenvalue weighted by Gasteiger charge is -2.16. The van der Waals surface area contributed by atoms with Crippen LogP contribution in [0.15, 0.2) is 24.5 Å². The number of nitro benzene ring substituents is 1. The predicted octanol–water partition coefficient (Wildman–Crippen LogP) is 1.59. The first-order valence-corrected chi connectivity index (χ1v) is 6.03. The average Bonchev–Trinajstić information content (AvgIpc) is 2.84. The van der Waals surface area contributed by atoms with Crippen molar-refractivity contribution in [2.24, 2.45) is 7.05 Å². The molecule has 9 nitrogen and oxygen atoms in total. The Morgan fingerprint density at radius 3 is 2.76 bits per heavy atom. The number of nitro groups is 1. The summed E-state index contributed by atoms with van der Waals surface area (Å²) in [6, 6.07) is 3.44. The molecule has 0 spiro atoms. The average molecular weight is 291 g/mol. The van der Waals surface area contributed by atoms with Crippen molar-refractivity contribution in [3.8, 4) is 0 Å². The Hall–Kier alpha value is -2.97. The van der Waals surface area contributed by atoms with Crippen molar-refractivity contribution < 1.29 is 14.8 Å². The zero-order valence-electron chi connectivity index (χ0n) is 11.3. The Bertz CT molecular complexity index is 664. The molecule has 2 aromatic rings. The van der Waals surface area contributed by atoms with E-state index < -0.39 is 16.9 Å². The van der Waals surface area contributed by atoms with Crippen molar-refractivity contribution in [3.05, 3.63) is 46.0 Å². The highest BCUT2D eigenvalue weighted by molar-refractivity contribution is 5.96. The Kier molecular flexibility index (Phi) is 3.83. The van der Waals surface area contributed by atoms with Crippen LogP contribution in [0.2, 0.25) is 0 Å². The van der Waals surface area contributed by atoms with Crippen LogP contribution >= 0.6 is 0 Å². The number of nitrogens with zero attached hydrogens (tertiary/aromatic N) is 4. The molecule has 0 saturated heterocycles. The van der Waals surface area contributed by atoms with Crippen molar-refractivity contribution in [1.82, 2.24) is 14.8 Å². The second-order valence-corrected chi connectivity index (χ2v) is 4.43. The van der Waals surface area contributed by atoms with Gasteiger partial charge in [-0.2, -0.15) is 0 Å². The van der Waals surface area contributed by atoms with Gasteiger partial charge >= 0.3 is 5.97 Å². The molecule has 21 heavy (non-hydrogen) atoms. The van der Waals surface area contributed by atoms with Gasteiger partial charge < -0.3 is 15.0 Å². The molecule has 2 N–H and O–H groups in total. The summed E-state index contributed by atoms with van der Waals surface area (Å²) in [5.41, 5.74) is -0.521. The zero-order chi connectivity index (χ0) is 15.6. The van der Waals surface area contributed by atoms with Gasteiger partial charge in [-0.05, 0) is 13.0 Å². The number of para-hydroxylation sites is 1. The monoisotopic (exact) mass is 291 g/mol. The molecule has 1 aromatic carbocycles. The third kappa shape index (κ3) is 2.81. The van der Waals surface area contributed by atoms with Crippen LogP contribution in [0, 0.1) is 10.1 Å². The van der Waals surface area contributed by atoms with Crippen molar-refractivity contribution in [2.45, 2.75) is 13.0 Å². The summed E-state index contributed by atoms with van der Waals surface area (Å²) in [4.78, 5) is 21.7. The first kappa shape index (κ1) is 14.4. The summed E-state index contributed by atoms with van der Waals surface area (Å²) < 4.78 is 1.65. The van der Waals surface area contributed by atoms with E-state index in [4.69, 9.17) is 0 Å². The molecule has 1 unspecified atom stereocenters. The minimum absolute atomic E-state index is 0.0505. The highest BCUT2D eigenvalue weighted by Crippen LogP contribution is 2.31. The summed E-state index contributed by atoms with van der Waals surface area (Å²) >= 11 is 0. The van der Waals surface area contributed by atoms with Crippen LogP contribution in [0.5, 0.6) is 0 Å². The number of hydrogen-bond donors (Lipinski definition) is 2. The topological polar surface area (TPSA) is 123 Å². The van der Waals surface area contributed by atoms with E-state index in [0.29, 0.717) is 5.82 Å². The molecular formula is C12H13N5O4. The van der Waals surface area contributed by atoms with Crippen LogP contribution in [0.3, 0.4) is 0 Å². The largest absolute Gasteiger partial charge is 0.478 e. The summed E-state index contributed by atoms with van der Waals surface area (Å²) in [6.45, 7) is 1.71. The molecule has 0 aliphatic carbocycles. The van der Waals surface area contributed by atoms with E-state index >= 15 is 0 Å². The molecule has 110 valence electrons. The highest BCUT2D eigenvalue weighted by atomic mass is 16.6. The van der Waals surface area contributed by atoms with E-state index in [1.54, 1.807) is 18.5 Å². The first-order valence-electron chi connectivity index (χ1n) is 6.03. The maximum atomic E-state index is 11.2. The Morgan fingerprint density at radius 2 is 2.24 bits per heavy atom. The van der Waals surface area contributed by atoms with Crippen molar-refractivity contribution in [3.63, 3.8) is 0 Å². The summed E-state index contributed by atoms with van der Waals surface area (Å²) in [6.07, 6.45) is 1.49. The van der Waals surface area contributed by atoms with Gasteiger partial charge in [-0.25, -0.2) is 4.79 Å². The lowest BCUT2D eigenvalue weighted by molar-refractivity contribution is -0.384. The quantitative estimate of drug-likeness (QED) is 0.633. The number of carboxylic acids is 1. The second-order valence-electron chi connectivity index (χ2n) is 4.43. The van der Waals surface area contributed by atoms with Gasteiger partial charge in [0, 0.05) is 13.1 Å². The fourth-order valence-corrected chi connectivity index (χ4v) is 1.99. The van der Waals surface area contributed by atoms with Crippen LogP contribution in [-0.4, -0.2) is 30.8 Å². The molecule has 0 bridgehead atoms. The van der Waals surface area contributed by atoms with Crippen molar-refractivity contribution in [1.29, 1.82) is 0 Å². The van der Waals surface area contributed by atoms with Crippen molar-refractivity contribution >= 4 is 17.3 Å². The summed E-state index contributed by atoms with van der Waals surface area (Å²) in [5.74, 6) is -0.712. The number of rotatable bonds is 5. The molecule has 0 aliphatic heterocycles. The summed E-state index contributed by atoms with van der Waals surface area (Å²) in [5, 5.41) is 30.7. The third-order valence-corrected chi connectivity index (χ3v) is 2.96. The Labute approximate surface area is 119 Å². The lowest BCUT2D eigenvalue weighted by atomic mass is 10.1. The molecule has 0 aliphatic rings. The van der Waals surface area contributed by atoms with Gasteiger partial charge in [0.15, 0.2) is 5.82 Å². The number of benzene rings is 1. The predicted molar refractivity (Wildman–Crippen MR) is 73.1 cm³/mol. The lowest BCUT2D eigenvalue weighted by Crippen LogP contribution is -2.15. The number of anilines is 1. The fraction of sp³-hybridized carbons (Fsp3) is 0.250. The molecular weight excluding hydrogens is 278 g/mol. The van der Waals surface area contributed by atoms with Gasteiger partial charge in [0.05, 0.1) is 16.5 Å². The van der Waals surface area contributed by atoms with Gasteiger partial charge in [-0.1, -0.05) is 6.07 Å². The smallest absolute Gasteiger partial charge is 0.338 e. The normalized spacial score (nSPS) is 11.9.